The molecule has 29 heavy (non-hydrogen) atoms. The Morgan fingerprint density at radius 2 is 1.69 bits per heavy atom. The molecule has 1 atom stereocenters. The number of benzene rings is 1. The van der Waals surface area contributed by atoms with Gasteiger partial charge in [0, 0.05) is 11.4 Å². The molecule has 9 nitrogen and oxygen atoms in total. The van der Waals surface area contributed by atoms with Gasteiger partial charge >= 0.3 is 6.03 Å². The zero-order valence-electron chi connectivity index (χ0n) is 15.6. The fraction of sp³-hybridized carbons (Fsp3) is 0.150. The maximum Gasteiger partial charge on any atom is 0.319 e. The van der Waals surface area contributed by atoms with Crippen LogP contribution in [0.1, 0.15) is 23.0 Å². The predicted molar refractivity (Wildman–Crippen MR) is 105 cm³/mol. The summed E-state index contributed by atoms with van der Waals surface area (Å²) >= 11 is 0. The van der Waals surface area contributed by atoms with Gasteiger partial charge in [-0.1, -0.05) is 0 Å². The second kappa shape index (κ2) is 9.27. The Kier molecular flexibility index (Phi) is 6.31. The van der Waals surface area contributed by atoms with Crippen LogP contribution in [0.4, 0.5) is 16.2 Å². The number of nitrogens with one attached hydrogen (secondary N) is 4. The summed E-state index contributed by atoms with van der Waals surface area (Å²) in [5.41, 5.74) is 1.42. The van der Waals surface area contributed by atoms with Crippen molar-refractivity contribution in [3.63, 3.8) is 0 Å². The molecule has 0 aliphatic carbocycles. The molecule has 0 fully saturated rings. The average molecular weight is 396 g/mol. The molecule has 3 rings (SSSR count). The SMILES string of the molecule is C[C@@H](NC(=O)c1ccoc1)C(=O)Nc1ccc(NC(=O)NCc2ccco2)cc1. The first-order chi connectivity index (χ1) is 14.0. The lowest BCUT2D eigenvalue weighted by Crippen LogP contribution is -2.41. The summed E-state index contributed by atoms with van der Waals surface area (Å²) in [6.45, 7) is 1.85. The fourth-order valence-electron chi connectivity index (χ4n) is 2.38. The minimum absolute atomic E-state index is 0.273. The molecule has 4 amide bonds. The lowest BCUT2D eigenvalue weighted by Gasteiger charge is -2.14. The van der Waals surface area contributed by atoms with Crippen molar-refractivity contribution >= 4 is 29.2 Å². The summed E-state index contributed by atoms with van der Waals surface area (Å²) < 4.78 is 9.98. The van der Waals surface area contributed by atoms with Crippen molar-refractivity contribution in [3.8, 4) is 0 Å². The Morgan fingerprint density at radius 1 is 0.966 bits per heavy atom. The quantitative estimate of drug-likeness (QED) is 0.489. The summed E-state index contributed by atoms with van der Waals surface area (Å²) in [4.78, 5) is 36.1. The van der Waals surface area contributed by atoms with Gasteiger partial charge in [-0.05, 0) is 49.4 Å². The number of carbonyl (C=O) groups is 3. The van der Waals surface area contributed by atoms with Gasteiger partial charge in [-0.3, -0.25) is 9.59 Å². The van der Waals surface area contributed by atoms with E-state index in [1.807, 2.05) is 0 Å². The molecule has 0 bridgehead atoms. The van der Waals surface area contributed by atoms with E-state index in [4.69, 9.17) is 8.83 Å². The number of amides is 4. The highest BCUT2D eigenvalue weighted by Gasteiger charge is 2.17. The van der Waals surface area contributed by atoms with Crippen LogP contribution >= 0.6 is 0 Å². The Bertz CT molecular complexity index is 949. The lowest BCUT2D eigenvalue weighted by molar-refractivity contribution is -0.117. The molecule has 2 aromatic heterocycles. The molecule has 150 valence electrons. The van der Waals surface area contributed by atoms with E-state index in [1.54, 1.807) is 43.3 Å². The first-order valence-corrected chi connectivity index (χ1v) is 8.82. The third-order valence-electron chi connectivity index (χ3n) is 3.94. The topological polar surface area (TPSA) is 126 Å². The molecule has 9 heteroatoms. The maximum absolute atomic E-state index is 12.2. The molecule has 0 spiro atoms. The molecule has 0 saturated heterocycles. The van der Waals surface area contributed by atoms with Crippen molar-refractivity contribution in [1.82, 2.24) is 10.6 Å². The highest BCUT2D eigenvalue weighted by atomic mass is 16.3. The highest BCUT2D eigenvalue weighted by Crippen LogP contribution is 2.14. The van der Waals surface area contributed by atoms with Gasteiger partial charge in [-0.15, -0.1) is 0 Å². The standard InChI is InChI=1S/C20H20N4O5/c1-13(22-19(26)14-8-10-28-12-14)18(25)23-15-4-6-16(7-5-15)24-20(27)21-11-17-3-2-9-29-17/h2-10,12-13H,11H2,1H3,(H,22,26)(H,23,25)(H2,21,24,27)/t13-/m1/s1. The van der Waals surface area contributed by atoms with E-state index < -0.39 is 11.9 Å². The fourth-order valence-corrected chi connectivity index (χ4v) is 2.38. The number of carbonyl (C=O) groups excluding carboxylic acids is 3. The Morgan fingerprint density at radius 3 is 2.31 bits per heavy atom. The van der Waals surface area contributed by atoms with Gasteiger partial charge in [-0.2, -0.15) is 0 Å². The molecule has 0 saturated carbocycles. The van der Waals surface area contributed by atoms with Gasteiger partial charge in [0.15, 0.2) is 0 Å². The van der Waals surface area contributed by atoms with E-state index in [1.165, 1.54) is 24.9 Å². The molecule has 4 N–H and O–H groups in total. The second-order valence-electron chi connectivity index (χ2n) is 6.16. The summed E-state index contributed by atoms with van der Waals surface area (Å²) in [6.07, 6.45) is 4.22. The minimum Gasteiger partial charge on any atom is -0.472 e. The molecule has 1 aromatic carbocycles. The van der Waals surface area contributed by atoms with Crippen molar-refractivity contribution in [2.45, 2.75) is 19.5 Å². The molecule has 3 aromatic rings. The Labute approximate surface area is 166 Å². The second-order valence-corrected chi connectivity index (χ2v) is 6.16. The summed E-state index contributed by atoms with van der Waals surface area (Å²) in [6, 6.07) is 10.5. The van der Waals surface area contributed by atoms with Crippen LogP contribution in [0.2, 0.25) is 0 Å². The number of furan rings is 2. The van der Waals surface area contributed by atoms with E-state index in [-0.39, 0.29) is 18.5 Å². The van der Waals surface area contributed by atoms with E-state index >= 15 is 0 Å². The lowest BCUT2D eigenvalue weighted by atomic mass is 10.2. The van der Waals surface area contributed by atoms with Gasteiger partial charge in [0.25, 0.3) is 5.91 Å². The monoisotopic (exact) mass is 396 g/mol. The predicted octanol–water partition coefficient (Wildman–Crippen LogP) is 2.95. The van der Waals surface area contributed by atoms with E-state index in [0.717, 1.165) is 0 Å². The van der Waals surface area contributed by atoms with Gasteiger partial charge in [0.1, 0.15) is 18.1 Å². The Balaban J connectivity index is 1.46. The third-order valence-corrected chi connectivity index (χ3v) is 3.94. The molecular formula is C20H20N4O5. The van der Waals surface area contributed by atoms with Gasteiger partial charge in [0.2, 0.25) is 5.91 Å². The summed E-state index contributed by atoms with van der Waals surface area (Å²) in [5, 5.41) is 10.6. The van der Waals surface area contributed by atoms with Crippen molar-refractivity contribution < 1.29 is 23.2 Å². The first kappa shape index (κ1) is 19.7. The van der Waals surface area contributed by atoms with Crippen LogP contribution in [0.25, 0.3) is 0 Å². The number of hydrogen-bond acceptors (Lipinski definition) is 5. The van der Waals surface area contributed by atoms with Crippen LogP contribution in [-0.2, 0) is 11.3 Å². The van der Waals surface area contributed by atoms with Crippen LogP contribution in [0.15, 0.2) is 70.1 Å². The largest absolute Gasteiger partial charge is 0.472 e. The van der Waals surface area contributed by atoms with Crippen LogP contribution < -0.4 is 21.3 Å². The molecule has 2 heterocycles. The summed E-state index contributed by atoms with van der Waals surface area (Å²) in [5.74, 6) is -0.132. The number of hydrogen-bond donors (Lipinski definition) is 4. The number of urea groups is 1. The average Bonchev–Trinajstić information content (AvgIpc) is 3.42. The highest BCUT2D eigenvalue weighted by molar-refractivity contribution is 6.01. The van der Waals surface area contributed by atoms with E-state index in [9.17, 15) is 14.4 Å². The summed E-state index contributed by atoms with van der Waals surface area (Å²) in [7, 11) is 0. The first-order valence-electron chi connectivity index (χ1n) is 8.82. The molecule has 0 radical (unpaired) electrons. The van der Waals surface area contributed by atoms with Crippen molar-refractivity contribution in [2.75, 3.05) is 10.6 Å². The molecule has 0 aliphatic rings. The van der Waals surface area contributed by atoms with Gasteiger partial charge in [-0.25, -0.2) is 4.79 Å². The Hall–Kier alpha value is -4.01. The number of anilines is 2. The van der Waals surface area contributed by atoms with Crippen LogP contribution in [0.5, 0.6) is 0 Å². The van der Waals surface area contributed by atoms with Crippen LogP contribution in [-0.4, -0.2) is 23.9 Å². The maximum atomic E-state index is 12.2. The van der Waals surface area contributed by atoms with Crippen LogP contribution in [0, 0.1) is 0 Å². The molecule has 0 unspecified atom stereocenters. The van der Waals surface area contributed by atoms with E-state index in [0.29, 0.717) is 22.7 Å². The number of rotatable bonds is 7. The molecule has 0 aliphatic heterocycles. The zero-order chi connectivity index (χ0) is 20.6. The van der Waals surface area contributed by atoms with Crippen molar-refractivity contribution in [2.24, 2.45) is 0 Å². The van der Waals surface area contributed by atoms with Crippen molar-refractivity contribution in [1.29, 1.82) is 0 Å². The third kappa shape index (κ3) is 5.73. The van der Waals surface area contributed by atoms with Gasteiger partial charge in [0.05, 0.1) is 24.6 Å². The van der Waals surface area contributed by atoms with Crippen molar-refractivity contribution in [3.05, 3.63) is 72.6 Å². The minimum atomic E-state index is -0.748. The normalized spacial score (nSPS) is 11.3. The van der Waals surface area contributed by atoms with Gasteiger partial charge < -0.3 is 30.1 Å². The zero-order valence-corrected chi connectivity index (χ0v) is 15.6. The van der Waals surface area contributed by atoms with Crippen LogP contribution in [0.3, 0.4) is 0 Å². The molecular weight excluding hydrogens is 376 g/mol. The van der Waals surface area contributed by atoms with E-state index in [2.05, 4.69) is 21.3 Å². The smallest absolute Gasteiger partial charge is 0.319 e.